The number of unbranched alkanes of at least 4 members (excludes halogenated alkanes) is 3. The van der Waals surface area contributed by atoms with Crippen LogP contribution in [-0.2, 0) is 0 Å². The summed E-state index contributed by atoms with van der Waals surface area (Å²) < 4.78 is 10.4. The molecule has 0 unspecified atom stereocenters. The van der Waals surface area contributed by atoms with Crippen LogP contribution in [0.5, 0.6) is 11.5 Å². The highest BCUT2D eigenvalue weighted by molar-refractivity contribution is 5.99. The van der Waals surface area contributed by atoms with E-state index in [0.29, 0.717) is 23.6 Å². The number of carbonyl (C=O) groups is 1. The van der Waals surface area contributed by atoms with Gasteiger partial charge in [0.25, 0.3) is 5.91 Å². The maximum absolute atomic E-state index is 12.2. The lowest BCUT2D eigenvalue weighted by atomic mass is 10.1. The standard InChI is InChI=1S/C15H24N2O3/c1-19-12-8-7-9-13(20-2)14(12)15(18)17-11-6-4-3-5-10-16/h7-9H,3-6,10-11,16H2,1-2H3,(H,17,18). The number of nitrogens with one attached hydrogen (secondary N) is 1. The summed E-state index contributed by atoms with van der Waals surface area (Å²) in [6.07, 6.45) is 4.16. The number of benzene rings is 1. The Balaban J connectivity index is 2.54. The predicted molar refractivity (Wildman–Crippen MR) is 79.4 cm³/mol. The van der Waals surface area contributed by atoms with Gasteiger partial charge in [0.15, 0.2) is 0 Å². The molecule has 0 bridgehead atoms. The second-order valence-electron chi connectivity index (χ2n) is 4.50. The second kappa shape index (κ2) is 9.20. The van der Waals surface area contributed by atoms with Crippen LogP contribution in [0.4, 0.5) is 0 Å². The molecule has 0 heterocycles. The van der Waals surface area contributed by atoms with E-state index in [0.717, 1.165) is 32.2 Å². The van der Waals surface area contributed by atoms with Crippen molar-refractivity contribution in [2.24, 2.45) is 5.73 Å². The maximum atomic E-state index is 12.2. The molecule has 20 heavy (non-hydrogen) atoms. The summed E-state index contributed by atoms with van der Waals surface area (Å²) in [5.41, 5.74) is 5.88. The Labute approximate surface area is 120 Å². The number of nitrogens with two attached hydrogens (primary N) is 1. The fourth-order valence-electron chi connectivity index (χ4n) is 1.99. The van der Waals surface area contributed by atoms with Crippen LogP contribution in [0, 0.1) is 0 Å². The first kappa shape index (κ1) is 16.3. The Morgan fingerprint density at radius 2 is 1.70 bits per heavy atom. The van der Waals surface area contributed by atoms with Crippen molar-refractivity contribution in [3.8, 4) is 11.5 Å². The molecule has 1 rings (SSSR count). The van der Waals surface area contributed by atoms with Gasteiger partial charge < -0.3 is 20.5 Å². The Kier molecular flexibility index (Phi) is 7.50. The maximum Gasteiger partial charge on any atom is 0.258 e. The first-order chi connectivity index (χ1) is 9.74. The third-order valence-corrected chi connectivity index (χ3v) is 3.07. The molecule has 0 fully saturated rings. The van der Waals surface area contributed by atoms with E-state index in [1.54, 1.807) is 32.4 Å². The van der Waals surface area contributed by atoms with Crippen molar-refractivity contribution in [1.29, 1.82) is 0 Å². The largest absolute Gasteiger partial charge is 0.496 e. The lowest BCUT2D eigenvalue weighted by molar-refractivity contribution is 0.0946. The van der Waals surface area contributed by atoms with E-state index in [9.17, 15) is 4.79 Å². The van der Waals surface area contributed by atoms with E-state index in [2.05, 4.69) is 5.32 Å². The molecular formula is C15H24N2O3. The monoisotopic (exact) mass is 280 g/mol. The molecule has 1 aromatic rings. The number of carbonyl (C=O) groups excluding carboxylic acids is 1. The van der Waals surface area contributed by atoms with Crippen molar-refractivity contribution in [3.05, 3.63) is 23.8 Å². The fraction of sp³-hybridized carbons (Fsp3) is 0.533. The topological polar surface area (TPSA) is 73.6 Å². The van der Waals surface area contributed by atoms with Crippen molar-refractivity contribution in [3.63, 3.8) is 0 Å². The Hall–Kier alpha value is -1.75. The van der Waals surface area contributed by atoms with Crippen LogP contribution in [0.15, 0.2) is 18.2 Å². The number of ether oxygens (including phenoxy) is 2. The zero-order chi connectivity index (χ0) is 14.8. The van der Waals surface area contributed by atoms with Crippen molar-refractivity contribution in [2.75, 3.05) is 27.3 Å². The van der Waals surface area contributed by atoms with Crippen LogP contribution >= 0.6 is 0 Å². The van der Waals surface area contributed by atoms with Gasteiger partial charge in [-0.25, -0.2) is 0 Å². The second-order valence-corrected chi connectivity index (χ2v) is 4.50. The Morgan fingerprint density at radius 3 is 2.25 bits per heavy atom. The van der Waals surface area contributed by atoms with Crippen molar-refractivity contribution < 1.29 is 14.3 Å². The van der Waals surface area contributed by atoms with E-state index >= 15 is 0 Å². The molecule has 0 saturated carbocycles. The molecular weight excluding hydrogens is 256 g/mol. The molecule has 0 aliphatic heterocycles. The molecule has 5 heteroatoms. The van der Waals surface area contributed by atoms with E-state index in [4.69, 9.17) is 15.2 Å². The van der Waals surface area contributed by atoms with Gasteiger partial charge in [0, 0.05) is 6.54 Å². The van der Waals surface area contributed by atoms with Gasteiger partial charge >= 0.3 is 0 Å². The van der Waals surface area contributed by atoms with Gasteiger partial charge in [0.2, 0.25) is 0 Å². The SMILES string of the molecule is COc1cccc(OC)c1C(=O)NCCCCCCN. The molecule has 0 saturated heterocycles. The zero-order valence-electron chi connectivity index (χ0n) is 12.3. The first-order valence-electron chi connectivity index (χ1n) is 6.93. The minimum absolute atomic E-state index is 0.168. The molecule has 5 nitrogen and oxygen atoms in total. The summed E-state index contributed by atoms with van der Waals surface area (Å²) in [7, 11) is 3.08. The fourth-order valence-corrected chi connectivity index (χ4v) is 1.99. The van der Waals surface area contributed by atoms with Gasteiger partial charge in [-0.2, -0.15) is 0 Å². The highest BCUT2D eigenvalue weighted by Crippen LogP contribution is 2.27. The number of amides is 1. The Bertz CT molecular complexity index is 399. The molecule has 1 amide bonds. The van der Waals surface area contributed by atoms with Gasteiger partial charge in [0.05, 0.1) is 14.2 Å². The minimum atomic E-state index is -0.168. The average Bonchev–Trinajstić information content (AvgIpc) is 2.49. The van der Waals surface area contributed by atoms with E-state index in [1.165, 1.54) is 0 Å². The highest BCUT2D eigenvalue weighted by Gasteiger charge is 2.17. The molecule has 112 valence electrons. The molecule has 0 aliphatic rings. The normalized spacial score (nSPS) is 10.2. The molecule has 0 atom stereocenters. The van der Waals surface area contributed by atoms with Gasteiger partial charge in [-0.1, -0.05) is 18.9 Å². The van der Waals surface area contributed by atoms with Crippen LogP contribution in [0.3, 0.4) is 0 Å². The van der Waals surface area contributed by atoms with Crippen molar-refractivity contribution in [1.82, 2.24) is 5.32 Å². The quantitative estimate of drug-likeness (QED) is 0.678. The molecule has 0 aromatic heterocycles. The number of methoxy groups -OCH3 is 2. The zero-order valence-corrected chi connectivity index (χ0v) is 12.3. The van der Waals surface area contributed by atoms with Crippen LogP contribution < -0.4 is 20.5 Å². The van der Waals surface area contributed by atoms with Crippen molar-refractivity contribution in [2.45, 2.75) is 25.7 Å². The van der Waals surface area contributed by atoms with Crippen molar-refractivity contribution >= 4 is 5.91 Å². The van der Waals surface area contributed by atoms with E-state index in [1.807, 2.05) is 0 Å². The first-order valence-corrected chi connectivity index (χ1v) is 6.93. The summed E-state index contributed by atoms with van der Waals surface area (Å²) in [6.45, 7) is 1.37. The molecule has 0 aliphatic carbocycles. The van der Waals surface area contributed by atoms with E-state index < -0.39 is 0 Å². The number of hydrogen-bond acceptors (Lipinski definition) is 4. The van der Waals surface area contributed by atoms with Crippen LogP contribution in [0.25, 0.3) is 0 Å². The van der Waals surface area contributed by atoms with Gasteiger partial charge in [-0.15, -0.1) is 0 Å². The summed E-state index contributed by atoms with van der Waals surface area (Å²) in [5, 5.41) is 2.90. The summed E-state index contributed by atoms with van der Waals surface area (Å²) >= 11 is 0. The van der Waals surface area contributed by atoms with E-state index in [-0.39, 0.29) is 5.91 Å². The lowest BCUT2D eigenvalue weighted by Crippen LogP contribution is -2.25. The lowest BCUT2D eigenvalue weighted by Gasteiger charge is -2.12. The third kappa shape index (κ3) is 4.74. The average molecular weight is 280 g/mol. The summed E-state index contributed by atoms with van der Waals surface area (Å²) in [5.74, 6) is 0.869. The number of rotatable bonds is 9. The molecule has 0 radical (unpaired) electrons. The Morgan fingerprint density at radius 1 is 1.10 bits per heavy atom. The smallest absolute Gasteiger partial charge is 0.258 e. The molecule has 1 aromatic carbocycles. The summed E-state index contributed by atoms with van der Waals surface area (Å²) in [6, 6.07) is 5.29. The van der Waals surface area contributed by atoms with Crippen LogP contribution in [-0.4, -0.2) is 33.2 Å². The van der Waals surface area contributed by atoms with Gasteiger partial charge in [-0.3, -0.25) is 4.79 Å². The number of hydrogen-bond donors (Lipinski definition) is 2. The van der Waals surface area contributed by atoms with Crippen LogP contribution in [0.2, 0.25) is 0 Å². The van der Waals surface area contributed by atoms with Crippen LogP contribution in [0.1, 0.15) is 36.0 Å². The third-order valence-electron chi connectivity index (χ3n) is 3.07. The highest BCUT2D eigenvalue weighted by atomic mass is 16.5. The van der Waals surface area contributed by atoms with Gasteiger partial charge in [-0.05, 0) is 31.5 Å². The molecule has 3 N–H and O–H groups in total. The predicted octanol–water partition coefficient (Wildman–Crippen LogP) is 1.95. The minimum Gasteiger partial charge on any atom is -0.496 e. The summed E-state index contributed by atoms with van der Waals surface area (Å²) in [4.78, 5) is 12.2. The van der Waals surface area contributed by atoms with Gasteiger partial charge in [0.1, 0.15) is 17.1 Å². The molecule has 0 spiro atoms.